The molecule has 0 N–H and O–H groups in total. The van der Waals surface area contributed by atoms with Crippen LogP contribution in [0.1, 0.15) is 34.0 Å². The van der Waals surface area contributed by atoms with E-state index in [4.69, 9.17) is 0 Å². The lowest BCUT2D eigenvalue weighted by Gasteiger charge is -2.13. The molecule has 0 fully saturated rings. The Balaban J connectivity index is 3.17. The number of hydrogen-bond donors (Lipinski definition) is 0. The van der Waals surface area contributed by atoms with Gasteiger partial charge in [0.05, 0.1) is 7.11 Å². The topological polar surface area (TPSA) is 43.4 Å². The maximum absolute atomic E-state index is 12.2. The van der Waals surface area contributed by atoms with Crippen LogP contribution in [0.25, 0.3) is 0 Å². The van der Waals surface area contributed by atoms with Gasteiger partial charge in [0.25, 0.3) is 0 Å². The summed E-state index contributed by atoms with van der Waals surface area (Å²) in [7, 11) is 1.29. The number of carbonyl (C=O) groups is 2. The molecule has 1 aromatic rings. The lowest BCUT2D eigenvalue weighted by molar-refractivity contribution is -0.143. The summed E-state index contributed by atoms with van der Waals surface area (Å²) >= 11 is 0. The Morgan fingerprint density at radius 2 is 1.59 bits per heavy atom. The van der Waals surface area contributed by atoms with Crippen molar-refractivity contribution >= 4 is 11.8 Å². The van der Waals surface area contributed by atoms with E-state index < -0.39 is 11.9 Å². The van der Waals surface area contributed by atoms with E-state index in [0.717, 1.165) is 16.7 Å². The molecule has 0 amide bonds. The van der Waals surface area contributed by atoms with Gasteiger partial charge in [-0.25, -0.2) is 0 Å². The van der Waals surface area contributed by atoms with Crippen LogP contribution < -0.4 is 0 Å². The highest BCUT2D eigenvalue weighted by Gasteiger charge is 2.25. The highest BCUT2D eigenvalue weighted by Crippen LogP contribution is 2.20. The fraction of sp³-hybridized carbons (Fsp3) is 0.429. The number of Topliss-reactive ketones (excluding diaryl/α,β-unsaturated/α-hetero) is 1. The first-order valence-electron chi connectivity index (χ1n) is 5.58. The summed E-state index contributed by atoms with van der Waals surface area (Å²) in [5.74, 6) is -1.42. The Bertz CT molecular complexity index is 438. The summed E-state index contributed by atoms with van der Waals surface area (Å²) < 4.78 is 4.60. The van der Waals surface area contributed by atoms with Gasteiger partial charge in [-0.05, 0) is 38.8 Å². The Labute approximate surface area is 102 Å². The van der Waals surface area contributed by atoms with E-state index in [9.17, 15) is 9.59 Å². The Hall–Kier alpha value is -1.64. The molecule has 0 aromatic heterocycles. The minimum atomic E-state index is -0.750. The van der Waals surface area contributed by atoms with Gasteiger partial charge in [-0.2, -0.15) is 0 Å². The van der Waals surface area contributed by atoms with Gasteiger partial charge in [0.1, 0.15) is 5.92 Å². The van der Waals surface area contributed by atoms with Crippen molar-refractivity contribution in [2.45, 2.75) is 27.7 Å². The number of benzene rings is 1. The van der Waals surface area contributed by atoms with E-state index in [1.165, 1.54) is 7.11 Å². The van der Waals surface area contributed by atoms with Gasteiger partial charge < -0.3 is 4.74 Å². The predicted molar refractivity (Wildman–Crippen MR) is 66.2 cm³/mol. The summed E-state index contributed by atoms with van der Waals surface area (Å²) in [4.78, 5) is 23.6. The lowest BCUT2D eigenvalue weighted by atomic mass is 9.91. The van der Waals surface area contributed by atoms with Crippen LogP contribution in [-0.2, 0) is 9.53 Å². The first-order chi connectivity index (χ1) is 7.88. The summed E-state index contributed by atoms with van der Waals surface area (Å²) in [5.41, 5.74) is 3.56. The van der Waals surface area contributed by atoms with Gasteiger partial charge in [0.2, 0.25) is 0 Å². The molecule has 0 aliphatic heterocycles. The number of hydrogen-bond acceptors (Lipinski definition) is 3. The first kappa shape index (κ1) is 13.4. The molecule has 0 aliphatic carbocycles. The third-order valence-electron chi connectivity index (χ3n) is 2.87. The largest absolute Gasteiger partial charge is 0.468 e. The van der Waals surface area contributed by atoms with Crippen LogP contribution in [0.4, 0.5) is 0 Å². The third-order valence-corrected chi connectivity index (χ3v) is 2.87. The second kappa shape index (κ2) is 5.13. The second-order valence-electron chi connectivity index (χ2n) is 4.38. The zero-order chi connectivity index (χ0) is 13.2. The molecule has 92 valence electrons. The number of ketones is 1. The molecule has 0 aliphatic rings. The minimum Gasteiger partial charge on any atom is -0.468 e. The molecule has 1 rings (SSSR count). The van der Waals surface area contributed by atoms with E-state index in [0.29, 0.717) is 5.56 Å². The predicted octanol–water partition coefficient (Wildman–Crippen LogP) is 2.60. The molecule has 0 saturated heterocycles. The fourth-order valence-electron chi connectivity index (χ4n) is 2.07. The monoisotopic (exact) mass is 234 g/mol. The zero-order valence-corrected chi connectivity index (χ0v) is 11.0. The first-order valence-corrected chi connectivity index (χ1v) is 5.58. The Morgan fingerprint density at radius 3 is 2.00 bits per heavy atom. The van der Waals surface area contributed by atoms with Crippen molar-refractivity contribution in [3.05, 3.63) is 34.4 Å². The summed E-state index contributed by atoms with van der Waals surface area (Å²) in [6, 6.07) is 3.90. The summed E-state index contributed by atoms with van der Waals surface area (Å²) in [6.07, 6.45) is 0. The maximum atomic E-state index is 12.2. The second-order valence-corrected chi connectivity index (χ2v) is 4.38. The van der Waals surface area contributed by atoms with Crippen LogP contribution in [0.15, 0.2) is 12.1 Å². The molecule has 1 aromatic carbocycles. The van der Waals surface area contributed by atoms with Crippen molar-refractivity contribution in [2.24, 2.45) is 5.92 Å². The van der Waals surface area contributed by atoms with Gasteiger partial charge in [-0.1, -0.05) is 17.7 Å². The maximum Gasteiger partial charge on any atom is 0.316 e. The average Bonchev–Trinajstić information content (AvgIpc) is 2.25. The van der Waals surface area contributed by atoms with Crippen molar-refractivity contribution in [2.75, 3.05) is 7.11 Å². The molecule has 17 heavy (non-hydrogen) atoms. The molecule has 0 spiro atoms. The van der Waals surface area contributed by atoms with Crippen molar-refractivity contribution in [1.82, 2.24) is 0 Å². The standard InChI is InChI=1S/C14H18O3/c1-8-6-9(2)12(10(3)7-8)13(15)11(4)14(16)17-5/h6-7,11H,1-5H3. The quantitative estimate of drug-likeness (QED) is 0.458. The molecule has 0 bridgehead atoms. The number of rotatable bonds is 3. The van der Waals surface area contributed by atoms with Gasteiger partial charge in [0.15, 0.2) is 5.78 Å². The van der Waals surface area contributed by atoms with Crippen LogP contribution in [0.5, 0.6) is 0 Å². The number of ether oxygens (including phenoxy) is 1. The van der Waals surface area contributed by atoms with E-state index >= 15 is 0 Å². The number of aryl methyl sites for hydroxylation is 3. The number of carbonyl (C=O) groups excluding carboxylic acids is 2. The smallest absolute Gasteiger partial charge is 0.316 e. The van der Waals surface area contributed by atoms with Crippen molar-refractivity contribution < 1.29 is 14.3 Å². The number of methoxy groups -OCH3 is 1. The van der Waals surface area contributed by atoms with E-state index in [1.807, 2.05) is 32.9 Å². The van der Waals surface area contributed by atoms with Crippen LogP contribution in [-0.4, -0.2) is 18.9 Å². The van der Waals surface area contributed by atoms with E-state index in [1.54, 1.807) is 6.92 Å². The van der Waals surface area contributed by atoms with Gasteiger partial charge in [-0.3, -0.25) is 9.59 Å². The third kappa shape index (κ3) is 2.73. The van der Waals surface area contributed by atoms with Crippen LogP contribution in [0.2, 0.25) is 0 Å². The normalized spacial score (nSPS) is 12.1. The molecule has 0 heterocycles. The van der Waals surface area contributed by atoms with Gasteiger partial charge in [-0.15, -0.1) is 0 Å². The number of esters is 1. The van der Waals surface area contributed by atoms with Crippen molar-refractivity contribution in [3.63, 3.8) is 0 Å². The van der Waals surface area contributed by atoms with Gasteiger partial charge >= 0.3 is 5.97 Å². The molecular formula is C14H18O3. The van der Waals surface area contributed by atoms with Crippen LogP contribution >= 0.6 is 0 Å². The van der Waals surface area contributed by atoms with E-state index in [-0.39, 0.29) is 5.78 Å². The fourth-order valence-corrected chi connectivity index (χ4v) is 2.07. The Morgan fingerprint density at radius 1 is 1.12 bits per heavy atom. The van der Waals surface area contributed by atoms with Crippen LogP contribution in [0, 0.1) is 26.7 Å². The molecule has 1 atom stereocenters. The SMILES string of the molecule is COC(=O)C(C)C(=O)c1c(C)cc(C)cc1C. The molecule has 1 unspecified atom stereocenters. The minimum absolute atomic E-state index is 0.174. The van der Waals surface area contributed by atoms with Crippen LogP contribution in [0.3, 0.4) is 0 Å². The Kier molecular flexibility index (Phi) is 4.05. The average molecular weight is 234 g/mol. The van der Waals surface area contributed by atoms with Crippen molar-refractivity contribution in [1.29, 1.82) is 0 Å². The molecule has 0 saturated carbocycles. The lowest BCUT2D eigenvalue weighted by Crippen LogP contribution is -2.23. The molecule has 3 nitrogen and oxygen atoms in total. The zero-order valence-electron chi connectivity index (χ0n) is 11.0. The molecule has 3 heteroatoms. The summed E-state index contributed by atoms with van der Waals surface area (Å²) in [6.45, 7) is 7.33. The van der Waals surface area contributed by atoms with Gasteiger partial charge in [0, 0.05) is 5.56 Å². The highest BCUT2D eigenvalue weighted by atomic mass is 16.5. The summed E-state index contributed by atoms with van der Waals surface area (Å²) in [5, 5.41) is 0. The molecule has 0 radical (unpaired) electrons. The van der Waals surface area contributed by atoms with E-state index in [2.05, 4.69) is 4.74 Å². The van der Waals surface area contributed by atoms with Crippen molar-refractivity contribution in [3.8, 4) is 0 Å². The molecular weight excluding hydrogens is 216 g/mol. The highest BCUT2D eigenvalue weighted by molar-refractivity contribution is 6.09.